The molecule has 170 valence electrons. The van der Waals surface area contributed by atoms with Gasteiger partial charge in [0.1, 0.15) is 17.3 Å². The van der Waals surface area contributed by atoms with Gasteiger partial charge in [0.2, 0.25) is 0 Å². The van der Waals surface area contributed by atoms with Crippen molar-refractivity contribution in [2.24, 2.45) is 0 Å². The number of carbonyl (C=O) groups excluding carboxylic acids is 2. The van der Waals surface area contributed by atoms with Crippen LogP contribution in [0.3, 0.4) is 0 Å². The average molecular weight is 465 g/mol. The summed E-state index contributed by atoms with van der Waals surface area (Å²) in [6.45, 7) is 2.63. The number of aliphatic hydroxyl groups excluding tert-OH is 1. The molecule has 7 nitrogen and oxygen atoms in total. The van der Waals surface area contributed by atoms with Gasteiger partial charge in [0.25, 0.3) is 5.78 Å². The fraction of sp³-hybridized carbons (Fsp3) is 0.240. The van der Waals surface area contributed by atoms with Gasteiger partial charge in [-0.3, -0.25) is 14.5 Å². The van der Waals surface area contributed by atoms with Crippen molar-refractivity contribution in [3.05, 3.63) is 76.8 Å². The highest BCUT2D eigenvalue weighted by Gasteiger charge is 2.48. The first kappa shape index (κ1) is 22.5. The standard InChI is InChI=1S/C25H24N2O5S/c1-3-4-12-32-19-10-6-8-17(15-19)22(28)20-21(16-7-5-9-18(14-16)31-2)27(24(30)23(20)29)25-26-11-13-33-25/h5-11,13-15,21,28H,3-4,12H2,1-2H3/b22-20+. The zero-order valence-electron chi connectivity index (χ0n) is 18.4. The number of rotatable bonds is 8. The summed E-state index contributed by atoms with van der Waals surface area (Å²) in [6.07, 6.45) is 3.48. The molecule has 0 aliphatic carbocycles. The molecule has 0 bridgehead atoms. The molecule has 0 radical (unpaired) electrons. The minimum atomic E-state index is -0.851. The maximum Gasteiger partial charge on any atom is 0.301 e. The summed E-state index contributed by atoms with van der Waals surface area (Å²) in [7, 11) is 1.54. The Morgan fingerprint density at radius 1 is 1.15 bits per heavy atom. The number of thiazole rings is 1. The van der Waals surface area contributed by atoms with Crippen LogP contribution < -0.4 is 14.4 Å². The van der Waals surface area contributed by atoms with Crippen LogP contribution in [0.5, 0.6) is 11.5 Å². The Morgan fingerprint density at radius 2 is 1.94 bits per heavy atom. The lowest BCUT2D eigenvalue weighted by atomic mass is 9.95. The summed E-state index contributed by atoms with van der Waals surface area (Å²) in [5.41, 5.74) is 1.02. The smallest absolute Gasteiger partial charge is 0.301 e. The number of aliphatic hydroxyl groups is 1. The number of nitrogens with zero attached hydrogens (tertiary/aromatic N) is 2. The number of anilines is 1. The molecular weight excluding hydrogens is 440 g/mol. The van der Waals surface area contributed by atoms with Crippen molar-refractivity contribution in [3.63, 3.8) is 0 Å². The molecule has 1 saturated heterocycles. The third-order valence-corrected chi connectivity index (χ3v) is 6.12. The van der Waals surface area contributed by atoms with Crippen molar-refractivity contribution in [1.29, 1.82) is 0 Å². The van der Waals surface area contributed by atoms with Crippen molar-refractivity contribution in [2.75, 3.05) is 18.6 Å². The average Bonchev–Trinajstić information content (AvgIpc) is 3.46. The maximum absolute atomic E-state index is 13.2. The van der Waals surface area contributed by atoms with E-state index in [0.717, 1.165) is 12.8 Å². The molecule has 1 aliphatic heterocycles. The zero-order chi connectivity index (χ0) is 23.4. The number of ether oxygens (including phenoxy) is 2. The number of hydrogen-bond donors (Lipinski definition) is 1. The van der Waals surface area contributed by atoms with E-state index in [2.05, 4.69) is 11.9 Å². The number of carbonyl (C=O) groups is 2. The lowest BCUT2D eigenvalue weighted by Crippen LogP contribution is -2.29. The highest BCUT2D eigenvalue weighted by atomic mass is 32.1. The lowest BCUT2D eigenvalue weighted by molar-refractivity contribution is -0.132. The van der Waals surface area contributed by atoms with Crippen LogP contribution >= 0.6 is 11.3 Å². The van der Waals surface area contributed by atoms with Crippen molar-refractivity contribution < 1.29 is 24.2 Å². The molecule has 0 saturated carbocycles. The molecule has 4 rings (SSSR count). The van der Waals surface area contributed by atoms with Gasteiger partial charge >= 0.3 is 5.91 Å². The second-order valence-electron chi connectivity index (χ2n) is 7.49. The molecule has 1 fully saturated rings. The van der Waals surface area contributed by atoms with Gasteiger partial charge in [0.05, 0.1) is 25.3 Å². The monoisotopic (exact) mass is 464 g/mol. The molecule has 1 N–H and O–H groups in total. The van der Waals surface area contributed by atoms with E-state index in [1.807, 2.05) is 0 Å². The van der Waals surface area contributed by atoms with E-state index in [1.165, 1.54) is 16.2 Å². The molecule has 0 spiro atoms. The van der Waals surface area contributed by atoms with Crippen molar-refractivity contribution >= 4 is 33.9 Å². The van der Waals surface area contributed by atoms with E-state index in [-0.39, 0.29) is 11.3 Å². The number of Topliss-reactive ketones (excluding diaryl/α,β-unsaturated/α-hetero) is 1. The summed E-state index contributed by atoms with van der Waals surface area (Å²) in [5.74, 6) is -0.619. The Balaban J connectivity index is 1.84. The fourth-order valence-electron chi connectivity index (χ4n) is 3.71. The van der Waals surface area contributed by atoms with Crippen molar-refractivity contribution in [2.45, 2.75) is 25.8 Å². The summed E-state index contributed by atoms with van der Waals surface area (Å²) in [5, 5.41) is 13.4. The number of aromatic nitrogens is 1. The summed E-state index contributed by atoms with van der Waals surface area (Å²) >= 11 is 1.24. The van der Waals surface area contributed by atoms with E-state index in [1.54, 1.807) is 67.2 Å². The van der Waals surface area contributed by atoms with Crippen molar-refractivity contribution in [1.82, 2.24) is 4.98 Å². The number of benzene rings is 2. The van der Waals surface area contributed by atoms with Crippen LogP contribution in [-0.2, 0) is 9.59 Å². The molecule has 1 unspecified atom stereocenters. The van der Waals surface area contributed by atoms with E-state index in [4.69, 9.17) is 9.47 Å². The first-order chi connectivity index (χ1) is 16.0. The molecule has 8 heteroatoms. The van der Waals surface area contributed by atoms with Gasteiger partial charge in [-0.05, 0) is 36.2 Å². The Bertz CT molecular complexity index is 1190. The number of ketones is 1. The molecule has 1 amide bonds. The van der Waals surface area contributed by atoms with Crippen LogP contribution in [0.4, 0.5) is 5.13 Å². The molecule has 33 heavy (non-hydrogen) atoms. The number of methoxy groups -OCH3 is 1. The van der Waals surface area contributed by atoms with Crippen LogP contribution in [0.25, 0.3) is 5.76 Å². The molecule has 2 heterocycles. The molecule has 2 aromatic carbocycles. The largest absolute Gasteiger partial charge is 0.507 e. The van der Waals surface area contributed by atoms with Gasteiger partial charge < -0.3 is 14.6 Å². The van der Waals surface area contributed by atoms with Gasteiger partial charge in [-0.25, -0.2) is 4.98 Å². The maximum atomic E-state index is 13.2. The summed E-state index contributed by atoms with van der Waals surface area (Å²) in [6, 6.07) is 13.1. The van der Waals surface area contributed by atoms with Gasteiger partial charge in [0.15, 0.2) is 5.13 Å². The Morgan fingerprint density at radius 3 is 2.67 bits per heavy atom. The second-order valence-corrected chi connectivity index (χ2v) is 8.36. The van der Waals surface area contributed by atoms with E-state index >= 15 is 0 Å². The second kappa shape index (κ2) is 9.87. The molecule has 1 aromatic heterocycles. The van der Waals surface area contributed by atoms with Crippen LogP contribution in [0.15, 0.2) is 65.7 Å². The predicted octanol–water partition coefficient (Wildman–Crippen LogP) is 4.96. The van der Waals surface area contributed by atoms with E-state index < -0.39 is 17.7 Å². The summed E-state index contributed by atoms with van der Waals surface area (Å²) < 4.78 is 11.1. The van der Waals surface area contributed by atoms with Crippen molar-refractivity contribution in [3.8, 4) is 11.5 Å². The quantitative estimate of drug-likeness (QED) is 0.219. The topological polar surface area (TPSA) is 89.0 Å². The fourth-order valence-corrected chi connectivity index (χ4v) is 4.38. The minimum Gasteiger partial charge on any atom is -0.507 e. The van der Waals surface area contributed by atoms with Gasteiger partial charge in [0, 0.05) is 17.1 Å². The third kappa shape index (κ3) is 4.47. The Labute approximate surface area is 195 Å². The normalized spacial score (nSPS) is 17.4. The Hall–Kier alpha value is -3.65. The first-order valence-electron chi connectivity index (χ1n) is 10.6. The Kier molecular flexibility index (Phi) is 6.74. The molecule has 1 atom stereocenters. The van der Waals surface area contributed by atoms with Gasteiger partial charge in [-0.15, -0.1) is 11.3 Å². The highest BCUT2D eigenvalue weighted by Crippen LogP contribution is 2.43. The van der Waals surface area contributed by atoms with E-state index in [0.29, 0.717) is 34.4 Å². The van der Waals surface area contributed by atoms with Crippen LogP contribution in [0.2, 0.25) is 0 Å². The number of amides is 1. The lowest BCUT2D eigenvalue weighted by Gasteiger charge is -2.23. The SMILES string of the molecule is CCCCOc1cccc(/C(O)=C2\C(=O)C(=O)N(c3nccs3)C2c2cccc(OC)c2)c1. The predicted molar refractivity (Wildman–Crippen MR) is 127 cm³/mol. The minimum absolute atomic E-state index is 0.00541. The van der Waals surface area contributed by atoms with Gasteiger partial charge in [-0.2, -0.15) is 0 Å². The van der Waals surface area contributed by atoms with Gasteiger partial charge in [-0.1, -0.05) is 37.6 Å². The number of hydrogen-bond acceptors (Lipinski definition) is 7. The third-order valence-electron chi connectivity index (χ3n) is 5.35. The molecular formula is C25H24N2O5S. The number of unbranched alkanes of at least 4 members (excludes halogenated alkanes) is 1. The van der Waals surface area contributed by atoms with Crippen LogP contribution in [0.1, 0.15) is 36.9 Å². The first-order valence-corrected chi connectivity index (χ1v) is 11.5. The van der Waals surface area contributed by atoms with E-state index in [9.17, 15) is 14.7 Å². The molecule has 1 aliphatic rings. The van der Waals surface area contributed by atoms with Crippen LogP contribution in [0, 0.1) is 0 Å². The molecule has 3 aromatic rings. The highest BCUT2D eigenvalue weighted by molar-refractivity contribution is 7.14. The summed E-state index contributed by atoms with van der Waals surface area (Å²) in [4.78, 5) is 31.8. The zero-order valence-corrected chi connectivity index (χ0v) is 19.2. The van der Waals surface area contributed by atoms with Crippen LogP contribution in [-0.4, -0.2) is 35.5 Å².